The lowest BCUT2D eigenvalue weighted by Crippen LogP contribution is -2.53. The maximum atomic E-state index is 12.3. The molecule has 114 valence electrons. The maximum absolute atomic E-state index is 12.3. The molecule has 0 spiro atoms. The van der Waals surface area contributed by atoms with Gasteiger partial charge < -0.3 is 14.6 Å². The fourth-order valence-electron chi connectivity index (χ4n) is 3.06. The molecule has 4 atom stereocenters. The van der Waals surface area contributed by atoms with Gasteiger partial charge in [-0.3, -0.25) is 9.69 Å². The highest BCUT2D eigenvalue weighted by Gasteiger charge is 2.52. The molecule has 6 nitrogen and oxygen atoms in total. The van der Waals surface area contributed by atoms with Crippen molar-refractivity contribution in [2.45, 2.75) is 76.9 Å². The van der Waals surface area contributed by atoms with Gasteiger partial charge in [-0.1, -0.05) is 0 Å². The molecule has 2 bridgehead atoms. The first-order valence-electron chi connectivity index (χ1n) is 7.05. The van der Waals surface area contributed by atoms with Crippen molar-refractivity contribution >= 4 is 12.1 Å². The van der Waals surface area contributed by atoms with Crippen molar-refractivity contribution in [2.75, 3.05) is 0 Å². The van der Waals surface area contributed by atoms with E-state index < -0.39 is 17.8 Å². The van der Waals surface area contributed by atoms with Crippen LogP contribution in [0.1, 0.15) is 47.0 Å². The van der Waals surface area contributed by atoms with Crippen LogP contribution in [-0.4, -0.2) is 52.0 Å². The molecule has 0 aromatic heterocycles. The number of rotatable bonds is 1. The lowest BCUT2D eigenvalue weighted by molar-refractivity contribution is -0.147. The summed E-state index contributed by atoms with van der Waals surface area (Å²) >= 11 is 0. The molecule has 1 N–H and O–H groups in total. The van der Waals surface area contributed by atoms with Crippen LogP contribution in [0, 0.1) is 0 Å². The third-order valence-corrected chi connectivity index (χ3v) is 3.74. The van der Waals surface area contributed by atoms with Gasteiger partial charge in [0.2, 0.25) is 0 Å². The third-order valence-electron chi connectivity index (χ3n) is 3.74. The second-order valence-electron chi connectivity index (χ2n) is 6.55. The van der Waals surface area contributed by atoms with Crippen LogP contribution in [0.25, 0.3) is 0 Å². The number of aliphatic hydroxyl groups excluding tert-OH is 1. The highest BCUT2D eigenvalue weighted by Crippen LogP contribution is 2.38. The predicted molar refractivity (Wildman–Crippen MR) is 71.1 cm³/mol. The van der Waals surface area contributed by atoms with E-state index in [-0.39, 0.29) is 24.2 Å². The first kappa shape index (κ1) is 15.1. The number of hydrogen-bond donors (Lipinski definition) is 1. The van der Waals surface area contributed by atoms with Crippen LogP contribution in [-0.2, 0) is 14.3 Å². The molecule has 0 radical (unpaired) electrons. The SMILES string of the molecule is CC(=O)O[C@H]1C[C@@H]2[C@H](O)CC[C@H]1N2C(=O)OC(C)(C)C. The van der Waals surface area contributed by atoms with Gasteiger partial charge >= 0.3 is 12.1 Å². The largest absolute Gasteiger partial charge is 0.460 e. The maximum Gasteiger partial charge on any atom is 0.411 e. The highest BCUT2D eigenvalue weighted by molar-refractivity contribution is 5.71. The molecule has 2 saturated heterocycles. The normalized spacial score (nSPS) is 33.0. The van der Waals surface area contributed by atoms with Gasteiger partial charge in [-0.05, 0) is 33.6 Å². The van der Waals surface area contributed by atoms with Gasteiger partial charge in [0.25, 0.3) is 0 Å². The summed E-state index contributed by atoms with van der Waals surface area (Å²) in [5.74, 6) is -0.360. The first-order chi connectivity index (χ1) is 9.19. The Bertz CT molecular complexity index is 403. The van der Waals surface area contributed by atoms with Crippen LogP contribution in [0.15, 0.2) is 0 Å². The smallest absolute Gasteiger partial charge is 0.411 e. The topological polar surface area (TPSA) is 76.1 Å². The van der Waals surface area contributed by atoms with Crippen molar-refractivity contribution in [1.29, 1.82) is 0 Å². The van der Waals surface area contributed by atoms with E-state index in [0.717, 1.165) is 0 Å². The van der Waals surface area contributed by atoms with E-state index in [1.54, 1.807) is 25.7 Å². The number of nitrogens with zero attached hydrogens (tertiary/aromatic N) is 1. The second-order valence-corrected chi connectivity index (χ2v) is 6.55. The Balaban J connectivity index is 2.15. The summed E-state index contributed by atoms with van der Waals surface area (Å²) in [6.07, 6.45) is 0.341. The quantitative estimate of drug-likeness (QED) is 0.738. The number of aliphatic hydroxyl groups is 1. The number of amides is 1. The summed E-state index contributed by atoms with van der Waals surface area (Å²) < 4.78 is 10.7. The monoisotopic (exact) mass is 285 g/mol. The molecular formula is C14H23NO5. The van der Waals surface area contributed by atoms with Crippen molar-refractivity contribution in [2.24, 2.45) is 0 Å². The lowest BCUT2D eigenvalue weighted by Gasteiger charge is -2.38. The standard InChI is InChI=1S/C14H23NO5/c1-8(16)19-12-7-10-11(17)6-5-9(12)15(10)13(18)20-14(2,3)4/h9-12,17H,5-7H2,1-4H3/t9-,10-,11-,12+/m1/s1. The summed E-state index contributed by atoms with van der Waals surface area (Å²) in [5, 5.41) is 10.1. The summed E-state index contributed by atoms with van der Waals surface area (Å²) in [6, 6.07) is -0.518. The number of carbonyl (C=O) groups excluding carboxylic acids is 2. The Kier molecular flexibility index (Phi) is 3.95. The van der Waals surface area contributed by atoms with Gasteiger partial charge in [0, 0.05) is 13.3 Å². The highest BCUT2D eigenvalue weighted by atomic mass is 16.6. The number of fused-ring (bicyclic) bond motifs is 2. The number of piperidine rings is 1. The molecule has 0 saturated carbocycles. The van der Waals surface area contributed by atoms with Gasteiger partial charge in [0.05, 0.1) is 18.2 Å². The number of carbonyl (C=O) groups is 2. The minimum atomic E-state index is -0.587. The van der Waals surface area contributed by atoms with Crippen molar-refractivity contribution in [3.8, 4) is 0 Å². The fourth-order valence-corrected chi connectivity index (χ4v) is 3.06. The van der Waals surface area contributed by atoms with Gasteiger partial charge in [-0.25, -0.2) is 4.79 Å². The zero-order valence-corrected chi connectivity index (χ0v) is 12.5. The average Bonchev–Trinajstić information content (AvgIpc) is 2.54. The van der Waals surface area contributed by atoms with E-state index in [2.05, 4.69) is 0 Å². The Morgan fingerprint density at radius 1 is 1.20 bits per heavy atom. The zero-order valence-electron chi connectivity index (χ0n) is 12.5. The van der Waals surface area contributed by atoms with Crippen LogP contribution in [0.2, 0.25) is 0 Å². The second kappa shape index (κ2) is 5.24. The lowest BCUT2D eigenvalue weighted by atomic mass is 10.0. The predicted octanol–water partition coefficient (Wildman–Crippen LogP) is 1.45. The Labute approximate surface area is 119 Å². The van der Waals surface area contributed by atoms with Gasteiger partial charge in [-0.2, -0.15) is 0 Å². The van der Waals surface area contributed by atoms with Crippen molar-refractivity contribution < 1.29 is 24.2 Å². The summed E-state index contributed by atoms with van der Waals surface area (Å²) in [4.78, 5) is 25.0. The molecule has 2 fully saturated rings. The van der Waals surface area contributed by atoms with E-state index in [4.69, 9.17) is 9.47 Å². The van der Waals surface area contributed by atoms with E-state index in [1.807, 2.05) is 0 Å². The molecule has 0 aromatic carbocycles. The molecule has 0 unspecified atom stereocenters. The third kappa shape index (κ3) is 3.06. The molecule has 2 rings (SSSR count). The molecular weight excluding hydrogens is 262 g/mol. The zero-order chi connectivity index (χ0) is 15.1. The van der Waals surface area contributed by atoms with Crippen molar-refractivity contribution in [1.82, 2.24) is 4.90 Å². The van der Waals surface area contributed by atoms with Crippen LogP contribution in [0.5, 0.6) is 0 Å². The Morgan fingerprint density at radius 3 is 2.40 bits per heavy atom. The molecule has 0 aliphatic carbocycles. The Hall–Kier alpha value is -1.30. The summed E-state index contributed by atoms with van der Waals surface area (Å²) in [6.45, 7) is 6.76. The first-order valence-corrected chi connectivity index (χ1v) is 7.05. The van der Waals surface area contributed by atoms with Crippen LogP contribution in [0.3, 0.4) is 0 Å². The molecule has 2 aliphatic rings. The van der Waals surface area contributed by atoms with Crippen molar-refractivity contribution in [3.63, 3.8) is 0 Å². The van der Waals surface area contributed by atoms with E-state index in [9.17, 15) is 14.7 Å². The molecule has 6 heteroatoms. The Morgan fingerprint density at radius 2 is 1.85 bits per heavy atom. The van der Waals surface area contributed by atoms with E-state index >= 15 is 0 Å². The van der Waals surface area contributed by atoms with Gasteiger partial charge in [0.1, 0.15) is 11.7 Å². The minimum absolute atomic E-state index is 0.192. The average molecular weight is 285 g/mol. The number of ether oxygens (including phenoxy) is 2. The van der Waals surface area contributed by atoms with E-state index in [1.165, 1.54) is 6.92 Å². The summed E-state index contributed by atoms with van der Waals surface area (Å²) in [7, 11) is 0. The van der Waals surface area contributed by atoms with Crippen molar-refractivity contribution in [3.05, 3.63) is 0 Å². The van der Waals surface area contributed by atoms with Crippen LogP contribution in [0.4, 0.5) is 4.79 Å². The number of esters is 1. The fraction of sp³-hybridized carbons (Fsp3) is 0.857. The van der Waals surface area contributed by atoms with Gasteiger partial charge in [0.15, 0.2) is 0 Å². The number of hydrogen-bond acceptors (Lipinski definition) is 5. The molecule has 0 aromatic rings. The molecule has 1 amide bonds. The molecule has 2 aliphatic heterocycles. The van der Waals surface area contributed by atoms with Crippen LogP contribution >= 0.6 is 0 Å². The molecule has 2 heterocycles. The van der Waals surface area contributed by atoms with Crippen LogP contribution < -0.4 is 0 Å². The summed E-state index contributed by atoms with van der Waals surface area (Å²) in [5.41, 5.74) is -0.587. The molecule has 20 heavy (non-hydrogen) atoms. The van der Waals surface area contributed by atoms with Gasteiger partial charge in [-0.15, -0.1) is 0 Å². The minimum Gasteiger partial charge on any atom is -0.460 e. The van der Waals surface area contributed by atoms with E-state index in [0.29, 0.717) is 19.3 Å².